The van der Waals surface area contributed by atoms with Crippen LogP contribution >= 0.6 is 0 Å². The van der Waals surface area contributed by atoms with E-state index in [1.807, 2.05) is 0 Å². The highest BCUT2D eigenvalue weighted by atomic mass is 19.4. The summed E-state index contributed by atoms with van der Waals surface area (Å²) in [6.07, 6.45) is -5.53. The molecule has 0 fully saturated rings. The van der Waals surface area contributed by atoms with E-state index < -0.39 is 86.0 Å². The van der Waals surface area contributed by atoms with Gasteiger partial charge in [0.05, 0.1) is 18.8 Å². The molecule has 3 nitrogen and oxygen atoms in total. The number of halogens is 12. The molecule has 0 radical (unpaired) electrons. The second-order valence-corrected chi connectivity index (χ2v) is 7.87. The van der Waals surface area contributed by atoms with E-state index in [1.54, 1.807) is 6.92 Å². The van der Waals surface area contributed by atoms with E-state index in [2.05, 4.69) is 11.3 Å². The summed E-state index contributed by atoms with van der Waals surface area (Å²) in [4.78, 5) is 11.1. The second kappa shape index (κ2) is 12.0. The Morgan fingerprint density at radius 1 is 0.686 bits per heavy atom. The zero-order valence-electron chi connectivity index (χ0n) is 18.6. The van der Waals surface area contributed by atoms with Crippen molar-refractivity contribution < 1.29 is 67.3 Å². The number of ether oxygens (including phenoxy) is 1. The number of esters is 1. The highest BCUT2D eigenvalue weighted by Gasteiger charge is 2.89. The first-order valence-corrected chi connectivity index (χ1v) is 10.4. The van der Waals surface area contributed by atoms with E-state index in [4.69, 9.17) is 5.11 Å². The Labute approximate surface area is 193 Å². The molecule has 35 heavy (non-hydrogen) atoms. The number of unbranched alkanes of at least 4 members (excludes halogenated alkanes) is 4. The molecule has 0 unspecified atom stereocenters. The van der Waals surface area contributed by atoms with Crippen LogP contribution in [-0.4, -0.2) is 59.8 Å². The van der Waals surface area contributed by atoms with Gasteiger partial charge in [-0.05, 0) is 12.8 Å². The van der Waals surface area contributed by atoms with Crippen LogP contribution < -0.4 is 0 Å². The van der Waals surface area contributed by atoms with E-state index in [-0.39, 0.29) is 12.8 Å². The smallest absolute Gasteiger partial charge is 0.384 e. The maximum absolute atomic E-state index is 13.9. The summed E-state index contributed by atoms with van der Waals surface area (Å²) in [5.41, 5.74) is -0.596. The van der Waals surface area contributed by atoms with Gasteiger partial charge in [0.15, 0.2) is 0 Å². The highest BCUT2D eigenvalue weighted by molar-refractivity contribution is 5.87. The van der Waals surface area contributed by atoms with Crippen LogP contribution in [0.3, 0.4) is 0 Å². The molecule has 0 aliphatic rings. The Bertz CT molecular complexity index is 707. The Balaban J connectivity index is 5.61. The molecule has 0 aromatic rings. The van der Waals surface area contributed by atoms with Gasteiger partial charge in [0.2, 0.25) is 0 Å². The summed E-state index contributed by atoms with van der Waals surface area (Å²) in [6.45, 7) is 2.57. The highest BCUT2D eigenvalue weighted by Crippen LogP contribution is 2.61. The SMILES string of the molecule is C=C(CO)C(=O)OCCCC(F)(F)C(F)(F)C(F)(F)C(F)(F)C(F)(F)C(F)(F)CCCCCCC. The van der Waals surface area contributed by atoms with Crippen LogP contribution in [0.1, 0.15) is 58.3 Å². The fraction of sp³-hybridized carbons (Fsp3) is 0.850. The lowest BCUT2D eigenvalue weighted by Crippen LogP contribution is -2.70. The van der Waals surface area contributed by atoms with E-state index in [1.165, 1.54) is 0 Å². The van der Waals surface area contributed by atoms with Crippen molar-refractivity contribution in [2.75, 3.05) is 13.2 Å². The Morgan fingerprint density at radius 3 is 1.49 bits per heavy atom. The summed E-state index contributed by atoms with van der Waals surface area (Å²) in [5, 5.41) is 8.58. The van der Waals surface area contributed by atoms with E-state index in [0.717, 1.165) is 0 Å². The maximum atomic E-state index is 13.9. The minimum atomic E-state index is -7.61. The standard InChI is InChI=1S/C20H26F12O3/c1-3-4-5-6-7-9-15(21,22)17(25,26)19(29,30)20(31,32)18(27,28)16(23,24)10-8-11-35-14(34)13(2)12-33/h33H,2-12H2,1H3. The van der Waals surface area contributed by atoms with Crippen LogP contribution in [0.25, 0.3) is 0 Å². The van der Waals surface area contributed by atoms with Gasteiger partial charge in [0.1, 0.15) is 0 Å². The number of carbonyl (C=O) groups is 1. The van der Waals surface area contributed by atoms with Crippen LogP contribution in [0.2, 0.25) is 0 Å². The molecule has 1 N–H and O–H groups in total. The number of hydrogen-bond donors (Lipinski definition) is 1. The number of carbonyl (C=O) groups excluding carboxylic acids is 1. The van der Waals surface area contributed by atoms with Crippen molar-refractivity contribution in [3.8, 4) is 0 Å². The van der Waals surface area contributed by atoms with Gasteiger partial charge < -0.3 is 9.84 Å². The van der Waals surface area contributed by atoms with Crippen molar-refractivity contribution in [2.45, 2.75) is 93.8 Å². The van der Waals surface area contributed by atoms with E-state index in [9.17, 15) is 57.5 Å². The Hall–Kier alpha value is -1.67. The van der Waals surface area contributed by atoms with Gasteiger partial charge in [-0.1, -0.05) is 39.2 Å². The topological polar surface area (TPSA) is 46.5 Å². The molecular formula is C20H26F12O3. The molecule has 15 heteroatoms. The third-order valence-corrected chi connectivity index (χ3v) is 5.04. The van der Waals surface area contributed by atoms with Crippen LogP contribution in [0.5, 0.6) is 0 Å². The minimum absolute atomic E-state index is 0.175. The average molecular weight is 542 g/mol. The molecule has 0 aliphatic heterocycles. The molecule has 0 aromatic carbocycles. The van der Waals surface area contributed by atoms with Crippen molar-refractivity contribution in [2.24, 2.45) is 0 Å². The predicted octanol–water partition coefficient (Wildman–Crippen LogP) is 7.03. The van der Waals surface area contributed by atoms with Gasteiger partial charge in [-0.2, -0.15) is 52.7 Å². The molecule has 0 saturated heterocycles. The van der Waals surface area contributed by atoms with E-state index >= 15 is 0 Å². The van der Waals surface area contributed by atoms with Gasteiger partial charge in [0.25, 0.3) is 0 Å². The summed E-state index contributed by atoms with van der Waals surface area (Å²) in [7, 11) is 0. The Kier molecular flexibility index (Phi) is 11.5. The first-order chi connectivity index (χ1) is 15.7. The van der Waals surface area contributed by atoms with Gasteiger partial charge >= 0.3 is 41.5 Å². The number of alkyl halides is 12. The molecule has 208 valence electrons. The molecule has 0 aliphatic carbocycles. The van der Waals surface area contributed by atoms with Gasteiger partial charge in [-0.15, -0.1) is 0 Å². The molecule has 0 bridgehead atoms. The lowest BCUT2D eigenvalue weighted by molar-refractivity contribution is -0.425. The predicted molar refractivity (Wildman–Crippen MR) is 99.5 cm³/mol. The normalized spacial score (nSPS) is 14.2. The van der Waals surface area contributed by atoms with Crippen LogP contribution in [0.4, 0.5) is 52.7 Å². The molecule has 0 atom stereocenters. The average Bonchev–Trinajstić information content (AvgIpc) is 2.74. The van der Waals surface area contributed by atoms with Crippen molar-refractivity contribution in [1.29, 1.82) is 0 Å². The fourth-order valence-corrected chi connectivity index (χ4v) is 2.74. The molecular weight excluding hydrogens is 516 g/mol. The van der Waals surface area contributed by atoms with Crippen LogP contribution in [0, 0.1) is 0 Å². The van der Waals surface area contributed by atoms with Gasteiger partial charge in [-0.3, -0.25) is 0 Å². The number of aliphatic hydroxyl groups excluding tert-OH is 1. The molecule has 0 heterocycles. The zero-order chi connectivity index (χ0) is 27.9. The van der Waals surface area contributed by atoms with Crippen molar-refractivity contribution >= 4 is 5.97 Å². The lowest BCUT2D eigenvalue weighted by atomic mass is 9.88. The zero-order valence-corrected chi connectivity index (χ0v) is 18.6. The monoisotopic (exact) mass is 542 g/mol. The number of hydrogen-bond acceptors (Lipinski definition) is 3. The molecule has 0 aromatic heterocycles. The largest absolute Gasteiger partial charge is 0.462 e. The third-order valence-electron chi connectivity index (χ3n) is 5.04. The molecule has 0 saturated carbocycles. The molecule has 0 amide bonds. The maximum Gasteiger partial charge on any atom is 0.384 e. The van der Waals surface area contributed by atoms with Crippen LogP contribution in [-0.2, 0) is 9.53 Å². The molecule has 0 spiro atoms. The van der Waals surface area contributed by atoms with Gasteiger partial charge in [0, 0.05) is 12.8 Å². The van der Waals surface area contributed by atoms with Crippen LogP contribution in [0.15, 0.2) is 12.2 Å². The Morgan fingerprint density at radius 2 is 1.09 bits per heavy atom. The van der Waals surface area contributed by atoms with E-state index in [0.29, 0.717) is 12.8 Å². The minimum Gasteiger partial charge on any atom is -0.462 e. The fourth-order valence-electron chi connectivity index (χ4n) is 2.74. The summed E-state index contributed by atoms with van der Waals surface area (Å²) < 4.78 is 170. The van der Waals surface area contributed by atoms with Crippen molar-refractivity contribution in [3.63, 3.8) is 0 Å². The van der Waals surface area contributed by atoms with Crippen molar-refractivity contribution in [3.05, 3.63) is 12.2 Å². The first kappa shape index (κ1) is 33.3. The number of aliphatic hydroxyl groups is 1. The summed E-state index contributed by atoms with van der Waals surface area (Å²) >= 11 is 0. The summed E-state index contributed by atoms with van der Waals surface area (Å²) in [5.74, 6) is -42.9. The lowest BCUT2D eigenvalue weighted by Gasteiger charge is -2.41. The summed E-state index contributed by atoms with van der Waals surface area (Å²) in [6, 6.07) is 0. The first-order valence-electron chi connectivity index (χ1n) is 10.4. The van der Waals surface area contributed by atoms with Crippen molar-refractivity contribution in [1.82, 2.24) is 0 Å². The second-order valence-electron chi connectivity index (χ2n) is 7.87. The number of rotatable bonds is 17. The third kappa shape index (κ3) is 6.97. The van der Waals surface area contributed by atoms with Gasteiger partial charge in [-0.25, -0.2) is 4.79 Å². The molecule has 0 rings (SSSR count). The quantitative estimate of drug-likeness (QED) is 0.0930.